The van der Waals surface area contributed by atoms with E-state index in [9.17, 15) is 17.6 Å². The smallest absolute Gasteiger partial charge is 0.338 e. The first-order valence-corrected chi connectivity index (χ1v) is 10.0. The van der Waals surface area contributed by atoms with Gasteiger partial charge in [-0.3, -0.25) is 0 Å². The summed E-state index contributed by atoms with van der Waals surface area (Å²) in [5.74, 6) is -0.536. The van der Waals surface area contributed by atoms with Gasteiger partial charge in [0, 0.05) is 20.6 Å². The van der Waals surface area contributed by atoms with Crippen LogP contribution in [0.2, 0.25) is 0 Å². The molecule has 3 aromatic rings. The number of carbonyl (C=O) groups excluding carboxylic acids is 1. The predicted molar refractivity (Wildman–Crippen MR) is 102 cm³/mol. The van der Waals surface area contributed by atoms with Crippen molar-refractivity contribution >= 4 is 27.0 Å². The zero-order chi connectivity index (χ0) is 20.5. The van der Waals surface area contributed by atoms with Crippen LogP contribution >= 0.6 is 0 Å². The summed E-state index contributed by atoms with van der Waals surface area (Å²) in [6.45, 7) is 2.39. The van der Waals surface area contributed by atoms with Gasteiger partial charge in [0.05, 0.1) is 21.5 Å². The topological polar surface area (TPSA) is 81.5 Å². The molecule has 1 heterocycles. The summed E-state index contributed by atoms with van der Waals surface area (Å²) in [7, 11) is -0.650. The van der Waals surface area contributed by atoms with Crippen LogP contribution in [0.3, 0.4) is 0 Å². The molecule has 0 spiro atoms. The average Bonchev–Trinajstić information content (AvgIpc) is 3.03. The molecule has 148 valence electrons. The quantitative estimate of drug-likeness (QED) is 0.589. The number of rotatable bonds is 6. The summed E-state index contributed by atoms with van der Waals surface area (Å²) >= 11 is 0. The molecule has 9 heteroatoms. The Morgan fingerprint density at radius 3 is 2.46 bits per heavy atom. The first kappa shape index (κ1) is 20.0. The predicted octanol–water partition coefficient (Wildman–Crippen LogP) is 2.80. The number of ether oxygens (including phenoxy) is 1. The number of hydrogen-bond acceptors (Lipinski definition) is 5. The maximum Gasteiger partial charge on any atom is 0.338 e. The van der Waals surface area contributed by atoms with E-state index in [-0.39, 0.29) is 17.1 Å². The zero-order valence-corrected chi connectivity index (χ0v) is 16.5. The molecule has 0 fully saturated rings. The van der Waals surface area contributed by atoms with Crippen molar-refractivity contribution < 1.29 is 22.3 Å². The fourth-order valence-electron chi connectivity index (χ4n) is 2.79. The van der Waals surface area contributed by atoms with Gasteiger partial charge in [0.1, 0.15) is 18.2 Å². The fourth-order valence-corrected chi connectivity index (χ4v) is 3.72. The lowest BCUT2D eigenvalue weighted by Gasteiger charge is -2.11. The molecule has 0 aliphatic rings. The molecule has 0 atom stereocenters. The number of fused-ring (bicyclic) bond motifs is 1. The van der Waals surface area contributed by atoms with E-state index in [2.05, 4.69) is 4.98 Å². The average molecular weight is 405 g/mol. The second kappa shape index (κ2) is 7.69. The first-order chi connectivity index (χ1) is 13.2. The van der Waals surface area contributed by atoms with Crippen LogP contribution in [-0.4, -0.2) is 42.3 Å². The van der Waals surface area contributed by atoms with Crippen LogP contribution in [0.5, 0.6) is 0 Å². The lowest BCUT2D eigenvalue weighted by Crippen LogP contribution is -2.22. The molecule has 0 saturated heterocycles. The summed E-state index contributed by atoms with van der Waals surface area (Å²) < 4.78 is 45.9. The number of imidazole rings is 1. The minimum Gasteiger partial charge on any atom is -0.454 e. The Morgan fingerprint density at radius 2 is 1.86 bits per heavy atom. The van der Waals surface area contributed by atoms with Gasteiger partial charge in [-0.05, 0) is 49.4 Å². The van der Waals surface area contributed by atoms with E-state index in [4.69, 9.17) is 4.74 Å². The van der Waals surface area contributed by atoms with Crippen LogP contribution in [0, 0.1) is 5.82 Å². The number of nitrogens with zero attached hydrogens (tertiary/aromatic N) is 3. The molecule has 3 rings (SSSR count). The van der Waals surface area contributed by atoms with Crippen molar-refractivity contribution in [2.45, 2.75) is 25.0 Å². The number of sulfonamides is 1. The number of benzene rings is 2. The van der Waals surface area contributed by atoms with Gasteiger partial charge < -0.3 is 9.30 Å². The SMILES string of the molecule is CCn1c(COC(=O)c2ccc(F)cc2)nc2cc(S(=O)(=O)N(C)C)ccc21. The van der Waals surface area contributed by atoms with Crippen molar-refractivity contribution in [3.05, 3.63) is 59.7 Å². The van der Waals surface area contributed by atoms with Crippen molar-refractivity contribution in [1.82, 2.24) is 13.9 Å². The summed E-state index contributed by atoms with van der Waals surface area (Å²) in [4.78, 5) is 16.7. The third-order valence-electron chi connectivity index (χ3n) is 4.31. The van der Waals surface area contributed by atoms with Crippen LogP contribution in [0.4, 0.5) is 4.39 Å². The minimum atomic E-state index is -3.58. The van der Waals surface area contributed by atoms with Crippen molar-refractivity contribution in [2.75, 3.05) is 14.1 Å². The molecule has 0 unspecified atom stereocenters. The Balaban J connectivity index is 1.88. The van der Waals surface area contributed by atoms with E-state index >= 15 is 0 Å². The molecule has 7 nitrogen and oxygen atoms in total. The Bertz CT molecular complexity index is 1120. The van der Waals surface area contributed by atoms with Crippen molar-refractivity contribution in [1.29, 1.82) is 0 Å². The second-order valence-electron chi connectivity index (χ2n) is 6.29. The standard InChI is InChI=1S/C19H20FN3O4S/c1-4-23-17-10-9-15(28(25,26)22(2)3)11-16(17)21-18(23)12-27-19(24)13-5-7-14(20)8-6-13/h5-11H,4,12H2,1-3H3. The highest BCUT2D eigenvalue weighted by molar-refractivity contribution is 7.89. The number of aromatic nitrogens is 2. The van der Waals surface area contributed by atoms with Gasteiger partial charge in [-0.25, -0.2) is 26.9 Å². The van der Waals surface area contributed by atoms with Crippen LogP contribution in [0.25, 0.3) is 11.0 Å². The second-order valence-corrected chi connectivity index (χ2v) is 8.45. The van der Waals surface area contributed by atoms with Crippen molar-refractivity contribution in [3.8, 4) is 0 Å². The highest BCUT2D eigenvalue weighted by Gasteiger charge is 2.20. The number of carbonyl (C=O) groups is 1. The van der Waals surface area contributed by atoms with Gasteiger partial charge in [0.25, 0.3) is 0 Å². The Morgan fingerprint density at radius 1 is 1.18 bits per heavy atom. The van der Waals surface area contributed by atoms with E-state index in [0.29, 0.717) is 17.9 Å². The highest BCUT2D eigenvalue weighted by atomic mass is 32.2. The van der Waals surface area contributed by atoms with Crippen LogP contribution in [0.15, 0.2) is 47.4 Å². The van der Waals surface area contributed by atoms with E-state index in [1.807, 2.05) is 11.5 Å². The monoisotopic (exact) mass is 405 g/mol. The molecule has 1 aromatic heterocycles. The Hall–Kier alpha value is -2.78. The Labute approximate surface area is 162 Å². The molecule has 0 saturated carbocycles. The molecule has 28 heavy (non-hydrogen) atoms. The molecule has 0 amide bonds. The van der Waals surface area contributed by atoms with Gasteiger partial charge in [0.2, 0.25) is 10.0 Å². The largest absolute Gasteiger partial charge is 0.454 e. The maximum atomic E-state index is 13.0. The van der Waals surface area contributed by atoms with Crippen LogP contribution in [0.1, 0.15) is 23.1 Å². The van der Waals surface area contributed by atoms with Gasteiger partial charge in [-0.2, -0.15) is 0 Å². The third-order valence-corrected chi connectivity index (χ3v) is 6.12. The summed E-state index contributed by atoms with van der Waals surface area (Å²) in [5.41, 5.74) is 1.48. The number of hydrogen-bond donors (Lipinski definition) is 0. The number of aryl methyl sites for hydroxylation is 1. The van der Waals surface area contributed by atoms with E-state index in [1.165, 1.54) is 50.5 Å². The van der Waals surface area contributed by atoms with Crippen LogP contribution < -0.4 is 0 Å². The zero-order valence-electron chi connectivity index (χ0n) is 15.7. The van der Waals surface area contributed by atoms with E-state index in [1.54, 1.807) is 6.07 Å². The summed E-state index contributed by atoms with van der Waals surface area (Å²) in [5, 5.41) is 0. The molecule has 0 aliphatic carbocycles. The molecule has 0 N–H and O–H groups in total. The van der Waals surface area contributed by atoms with Gasteiger partial charge in [-0.1, -0.05) is 0 Å². The molecular formula is C19H20FN3O4S. The number of halogens is 1. The van der Waals surface area contributed by atoms with Crippen LogP contribution in [-0.2, 0) is 27.9 Å². The molecular weight excluding hydrogens is 385 g/mol. The molecule has 0 radical (unpaired) electrons. The first-order valence-electron chi connectivity index (χ1n) is 8.58. The van der Waals surface area contributed by atoms with Gasteiger partial charge in [-0.15, -0.1) is 0 Å². The van der Waals surface area contributed by atoms with E-state index in [0.717, 1.165) is 9.82 Å². The summed E-state index contributed by atoms with van der Waals surface area (Å²) in [6.07, 6.45) is 0. The fraction of sp³-hybridized carbons (Fsp3) is 0.263. The van der Waals surface area contributed by atoms with Gasteiger partial charge >= 0.3 is 5.97 Å². The molecule has 0 aliphatic heterocycles. The lowest BCUT2D eigenvalue weighted by atomic mass is 10.2. The molecule has 0 bridgehead atoms. The normalized spacial score (nSPS) is 11.9. The summed E-state index contributed by atoms with van der Waals surface area (Å²) in [6, 6.07) is 9.78. The third kappa shape index (κ3) is 3.76. The Kier molecular flexibility index (Phi) is 5.48. The number of esters is 1. The van der Waals surface area contributed by atoms with Gasteiger partial charge in [0.15, 0.2) is 0 Å². The maximum absolute atomic E-state index is 13.0. The molecule has 2 aromatic carbocycles. The van der Waals surface area contributed by atoms with E-state index < -0.39 is 21.8 Å². The minimum absolute atomic E-state index is 0.0888. The van der Waals surface area contributed by atoms with Crippen molar-refractivity contribution in [2.24, 2.45) is 0 Å². The highest BCUT2D eigenvalue weighted by Crippen LogP contribution is 2.22. The van der Waals surface area contributed by atoms with Crippen molar-refractivity contribution in [3.63, 3.8) is 0 Å². The lowest BCUT2D eigenvalue weighted by molar-refractivity contribution is 0.0458.